The lowest BCUT2D eigenvalue weighted by atomic mass is 9.90. The highest BCUT2D eigenvalue weighted by atomic mass is 32.1. The number of nitrogens with one attached hydrogen (secondary N) is 2. The van der Waals surface area contributed by atoms with Crippen molar-refractivity contribution in [2.45, 2.75) is 71.6 Å². The smallest absolute Gasteiger partial charge is 0.274 e. The molecule has 0 radical (unpaired) electrons. The Labute approximate surface area is 182 Å². The van der Waals surface area contributed by atoms with Crippen molar-refractivity contribution >= 4 is 33.9 Å². The van der Waals surface area contributed by atoms with Crippen LogP contribution in [-0.2, 0) is 25.7 Å². The topological polar surface area (TPSA) is 70.6 Å². The summed E-state index contributed by atoms with van der Waals surface area (Å²) in [4.78, 5) is 27.2. The summed E-state index contributed by atoms with van der Waals surface area (Å²) < 4.78 is 0. The van der Waals surface area contributed by atoms with Gasteiger partial charge in [-0.3, -0.25) is 9.59 Å². The molecule has 2 aliphatic carbocycles. The van der Waals surface area contributed by atoms with Gasteiger partial charge in [0.05, 0.1) is 5.56 Å². The fraction of sp³-hybridized carbons (Fsp3) is 0.458. The van der Waals surface area contributed by atoms with Crippen LogP contribution in [0.15, 0.2) is 23.3 Å². The van der Waals surface area contributed by atoms with Gasteiger partial charge < -0.3 is 5.32 Å². The Morgan fingerprint density at radius 2 is 1.63 bits per heavy atom. The summed E-state index contributed by atoms with van der Waals surface area (Å²) in [6, 6.07) is 6.01. The number of hydrogen-bond acceptors (Lipinski definition) is 4. The van der Waals surface area contributed by atoms with E-state index in [-0.39, 0.29) is 11.8 Å². The predicted octanol–water partition coefficient (Wildman–Crippen LogP) is 5.27. The van der Waals surface area contributed by atoms with Gasteiger partial charge >= 0.3 is 0 Å². The van der Waals surface area contributed by atoms with Gasteiger partial charge in [0.1, 0.15) is 5.00 Å². The average Bonchev–Trinajstić information content (AvgIpc) is 2.91. The summed E-state index contributed by atoms with van der Waals surface area (Å²) in [7, 11) is 0. The number of hydrogen-bond donors (Lipinski definition) is 2. The summed E-state index contributed by atoms with van der Waals surface area (Å²) in [6.45, 7) is 3.68. The second-order valence-corrected chi connectivity index (χ2v) is 9.52. The van der Waals surface area contributed by atoms with Gasteiger partial charge in [0.15, 0.2) is 0 Å². The third-order valence-corrected chi connectivity index (χ3v) is 7.07. The van der Waals surface area contributed by atoms with Crippen LogP contribution < -0.4 is 10.7 Å². The van der Waals surface area contributed by atoms with Gasteiger partial charge in [-0.2, -0.15) is 5.10 Å². The van der Waals surface area contributed by atoms with Gasteiger partial charge in [-0.25, -0.2) is 5.43 Å². The van der Waals surface area contributed by atoms with Crippen molar-refractivity contribution in [3.05, 3.63) is 50.9 Å². The summed E-state index contributed by atoms with van der Waals surface area (Å²) in [6.07, 6.45) is 9.73. The zero-order chi connectivity index (χ0) is 21.1. The molecular weight excluding hydrogens is 394 g/mol. The lowest BCUT2D eigenvalue weighted by Gasteiger charge is -2.16. The highest BCUT2D eigenvalue weighted by Gasteiger charge is 2.26. The number of fused-ring (bicyclic) bond motifs is 2. The quantitative estimate of drug-likeness (QED) is 0.399. The predicted molar refractivity (Wildman–Crippen MR) is 123 cm³/mol. The molecule has 158 valence electrons. The van der Waals surface area contributed by atoms with Gasteiger partial charge in [-0.1, -0.05) is 12.5 Å². The standard InChI is InChI=1S/C24H29N3O2S/c1-15(2)26-27-23(29)21-19-10-4-3-5-11-20(19)30-24(21)25-22(28)18-13-12-16-8-6-7-9-17(16)14-18/h12-14H,3-11H2,1-2H3,(H,25,28)(H,27,29). The number of hydrazone groups is 1. The second-order valence-electron chi connectivity index (χ2n) is 8.41. The fourth-order valence-corrected chi connectivity index (χ4v) is 5.62. The molecule has 0 aliphatic heterocycles. The Balaban J connectivity index is 1.63. The lowest BCUT2D eigenvalue weighted by Crippen LogP contribution is -2.22. The van der Waals surface area contributed by atoms with E-state index in [0.717, 1.165) is 49.8 Å². The minimum Gasteiger partial charge on any atom is -0.313 e. The molecule has 30 heavy (non-hydrogen) atoms. The highest BCUT2D eigenvalue weighted by molar-refractivity contribution is 7.17. The van der Waals surface area contributed by atoms with E-state index in [1.807, 2.05) is 26.0 Å². The SMILES string of the molecule is CC(C)=NNC(=O)c1c(NC(=O)c2ccc3c(c2)CCCC3)sc2c1CCCCC2. The van der Waals surface area contributed by atoms with Crippen LogP contribution in [0, 0.1) is 0 Å². The summed E-state index contributed by atoms with van der Waals surface area (Å²) >= 11 is 1.55. The van der Waals surface area contributed by atoms with Crippen molar-refractivity contribution in [2.24, 2.45) is 5.10 Å². The number of nitrogens with zero attached hydrogens (tertiary/aromatic N) is 1. The number of amides is 2. The maximum Gasteiger partial charge on any atom is 0.274 e. The molecule has 0 atom stereocenters. The monoisotopic (exact) mass is 423 g/mol. The van der Waals surface area contributed by atoms with Gasteiger partial charge in [0.25, 0.3) is 11.8 Å². The van der Waals surface area contributed by atoms with Crippen LogP contribution in [0.1, 0.15) is 88.2 Å². The van der Waals surface area contributed by atoms with Gasteiger partial charge in [0, 0.05) is 16.2 Å². The van der Waals surface area contributed by atoms with Crippen molar-refractivity contribution in [1.29, 1.82) is 0 Å². The third kappa shape index (κ3) is 4.48. The first kappa shape index (κ1) is 20.8. The first-order valence-electron chi connectivity index (χ1n) is 10.9. The van der Waals surface area contributed by atoms with Gasteiger partial charge in [0.2, 0.25) is 0 Å². The molecule has 5 nitrogen and oxygen atoms in total. The first-order chi connectivity index (χ1) is 14.5. The molecule has 0 saturated carbocycles. The van der Waals surface area contributed by atoms with Crippen molar-refractivity contribution in [3.8, 4) is 0 Å². The van der Waals surface area contributed by atoms with Crippen molar-refractivity contribution < 1.29 is 9.59 Å². The number of rotatable bonds is 4. The molecule has 0 spiro atoms. The molecule has 1 aromatic heterocycles. The maximum absolute atomic E-state index is 13.1. The van der Waals surface area contributed by atoms with E-state index >= 15 is 0 Å². The van der Waals surface area contributed by atoms with Gasteiger partial charge in [-0.15, -0.1) is 11.3 Å². The van der Waals surface area contributed by atoms with E-state index in [1.165, 1.54) is 35.3 Å². The number of carbonyl (C=O) groups is 2. The zero-order valence-corrected chi connectivity index (χ0v) is 18.6. The summed E-state index contributed by atoms with van der Waals surface area (Å²) in [5, 5.41) is 7.78. The molecule has 2 aliphatic rings. The van der Waals surface area contributed by atoms with Crippen LogP contribution >= 0.6 is 11.3 Å². The van der Waals surface area contributed by atoms with Crippen LogP contribution in [-0.4, -0.2) is 17.5 Å². The maximum atomic E-state index is 13.1. The van der Waals surface area contributed by atoms with E-state index in [4.69, 9.17) is 0 Å². The molecule has 0 unspecified atom stereocenters. The van der Waals surface area contributed by atoms with Crippen LogP contribution in [0.3, 0.4) is 0 Å². The average molecular weight is 424 g/mol. The lowest BCUT2D eigenvalue weighted by molar-refractivity contribution is 0.0955. The Morgan fingerprint density at radius 1 is 0.900 bits per heavy atom. The summed E-state index contributed by atoms with van der Waals surface area (Å²) in [5.74, 6) is -0.389. The number of benzene rings is 1. The molecule has 0 bridgehead atoms. The molecule has 2 amide bonds. The first-order valence-corrected chi connectivity index (χ1v) is 11.7. The minimum absolute atomic E-state index is 0.149. The zero-order valence-electron chi connectivity index (χ0n) is 17.8. The number of anilines is 1. The Kier molecular flexibility index (Phi) is 6.32. The minimum atomic E-state index is -0.239. The Hall–Kier alpha value is -2.47. The number of thiophene rings is 1. The molecule has 0 saturated heterocycles. The van der Waals surface area contributed by atoms with E-state index in [0.29, 0.717) is 16.1 Å². The molecular formula is C24H29N3O2S. The Bertz CT molecular complexity index is 1000. The number of carbonyl (C=O) groups excluding carboxylic acids is 2. The molecule has 1 aromatic carbocycles. The summed E-state index contributed by atoms with van der Waals surface area (Å²) in [5.41, 5.74) is 8.40. The van der Waals surface area contributed by atoms with Crippen LogP contribution in [0.25, 0.3) is 0 Å². The molecule has 2 aromatic rings. The number of aryl methyl sites for hydroxylation is 3. The van der Waals surface area contributed by atoms with Crippen LogP contribution in [0.2, 0.25) is 0 Å². The molecule has 2 N–H and O–H groups in total. The third-order valence-electron chi connectivity index (χ3n) is 5.87. The molecule has 6 heteroatoms. The highest BCUT2D eigenvalue weighted by Crippen LogP contribution is 2.38. The van der Waals surface area contributed by atoms with Crippen LogP contribution in [0.4, 0.5) is 5.00 Å². The molecule has 4 rings (SSSR count). The van der Waals surface area contributed by atoms with Crippen molar-refractivity contribution in [3.63, 3.8) is 0 Å². The largest absolute Gasteiger partial charge is 0.313 e. The van der Waals surface area contributed by atoms with E-state index < -0.39 is 0 Å². The molecule has 1 heterocycles. The van der Waals surface area contributed by atoms with Crippen molar-refractivity contribution in [1.82, 2.24) is 5.43 Å². The van der Waals surface area contributed by atoms with E-state index in [2.05, 4.69) is 21.9 Å². The van der Waals surface area contributed by atoms with E-state index in [9.17, 15) is 9.59 Å². The normalized spacial score (nSPS) is 15.4. The van der Waals surface area contributed by atoms with Crippen LogP contribution in [0.5, 0.6) is 0 Å². The Morgan fingerprint density at radius 3 is 2.43 bits per heavy atom. The fourth-order valence-electron chi connectivity index (χ4n) is 4.34. The van der Waals surface area contributed by atoms with Gasteiger partial charge in [-0.05, 0) is 94.0 Å². The second kappa shape index (κ2) is 9.13. The van der Waals surface area contributed by atoms with E-state index in [1.54, 1.807) is 11.3 Å². The molecule has 0 fully saturated rings. The van der Waals surface area contributed by atoms with Crippen molar-refractivity contribution in [2.75, 3.05) is 5.32 Å².